The molecule has 2 fully saturated rings. The monoisotopic (exact) mass is 512 g/mol. The number of urea groups is 1. The fourth-order valence-electron chi connectivity index (χ4n) is 5.87. The summed E-state index contributed by atoms with van der Waals surface area (Å²) in [5, 5.41) is 3.51. The van der Waals surface area contributed by atoms with E-state index in [0.717, 1.165) is 56.9 Å². The number of amides is 2. The SMILES string of the molecule is COc1cc(OC)c(F)c(N2Cc3cnc(NC4CCC(N(C)C)CC4)nc3N(C3CCCC3)C2=O)c1. The molecule has 1 aromatic carbocycles. The average molecular weight is 513 g/mol. The van der Waals surface area contributed by atoms with Gasteiger partial charge in [0.05, 0.1) is 26.5 Å². The normalized spacial score (nSPS) is 22.4. The molecule has 1 aliphatic heterocycles. The summed E-state index contributed by atoms with van der Waals surface area (Å²) >= 11 is 0. The summed E-state index contributed by atoms with van der Waals surface area (Å²) in [5.74, 6) is 1.02. The van der Waals surface area contributed by atoms with Crippen molar-refractivity contribution in [2.45, 2.75) is 76.0 Å². The van der Waals surface area contributed by atoms with Crippen molar-refractivity contribution in [2.75, 3.05) is 43.4 Å². The smallest absolute Gasteiger partial charge is 0.330 e. The van der Waals surface area contributed by atoms with E-state index in [-0.39, 0.29) is 30.1 Å². The van der Waals surface area contributed by atoms with Crippen LogP contribution in [-0.4, -0.2) is 67.3 Å². The van der Waals surface area contributed by atoms with Crippen LogP contribution in [0.3, 0.4) is 0 Å². The molecular weight excluding hydrogens is 475 g/mol. The van der Waals surface area contributed by atoms with E-state index >= 15 is 4.39 Å². The van der Waals surface area contributed by atoms with Crippen LogP contribution in [0, 0.1) is 5.82 Å². The van der Waals surface area contributed by atoms with Gasteiger partial charge in [0.2, 0.25) is 5.95 Å². The third kappa shape index (κ3) is 5.03. The van der Waals surface area contributed by atoms with Crippen molar-refractivity contribution >= 4 is 23.5 Å². The highest BCUT2D eigenvalue weighted by Crippen LogP contribution is 2.40. The molecule has 0 bridgehead atoms. The Hall–Kier alpha value is -3.14. The topological polar surface area (TPSA) is 83.1 Å². The Kier molecular flexibility index (Phi) is 7.37. The van der Waals surface area contributed by atoms with E-state index in [2.05, 4.69) is 29.3 Å². The Labute approximate surface area is 217 Å². The molecule has 3 aliphatic rings. The summed E-state index contributed by atoms with van der Waals surface area (Å²) in [6.45, 7) is 0.166. The molecule has 2 saturated carbocycles. The van der Waals surface area contributed by atoms with Crippen LogP contribution in [0.5, 0.6) is 11.5 Å². The molecule has 0 radical (unpaired) electrons. The number of hydrogen-bond acceptors (Lipinski definition) is 7. The van der Waals surface area contributed by atoms with E-state index in [1.54, 1.807) is 11.1 Å². The van der Waals surface area contributed by atoms with Gasteiger partial charge in [0.1, 0.15) is 11.6 Å². The second kappa shape index (κ2) is 10.7. The number of hydrogen-bond donors (Lipinski definition) is 1. The molecule has 1 N–H and O–H groups in total. The van der Waals surface area contributed by atoms with Crippen LogP contribution in [0.4, 0.5) is 26.6 Å². The number of nitrogens with one attached hydrogen (secondary N) is 1. The van der Waals surface area contributed by atoms with Crippen LogP contribution in [0.1, 0.15) is 56.9 Å². The lowest BCUT2D eigenvalue weighted by molar-refractivity contribution is 0.221. The third-order valence-corrected chi connectivity index (χ3v) is 8.03. The molecule has 2 aromatic rings. The van der Waals surface area contributed by atoms with Gasteiger partial charge in [-0.2, -0.15) is 4.98 Å². The van der Waals surface area contributed by atoms with Gasteiger partial charge >= 0.3 is 6.03 Å². The molecule has 0 atom stereocenters. The zero-order valence-corrected chi connectivity index (χ0v) is 22.2. The number of aromatic nitrogens is 2. The van der Waals surface area contributed by atoms with Crippen LogP contribution >= 0.6 is 0 Å². The lowest BCUT2D eigenvalue weighted by Crippen LogP contribution is -2.52. The molecular formula is C27H37FN6O3. The second-order valence-electron chi connectivity index (χ2n) is 10.5. The number of fused-ring (bicyclic) bond motifs is 1. The van der Waals surface area contributed by atoms with Crippen molar-refractivity contribution in [3.05, 3.63) is 29.7 Å². The number of ether oxygens (including phenoxy) is 2. The molecule has 10 heteroatoms. The standard InChI is InChI=1S/C27H37FN6O3/c1-32(2)19-11-9-18(10-12-19)30-26-29-15-17-16-33(22-13-21(36-3)14-23(37-4)24(22)28)27(35)34(25(17)31-26)20-7-5-6-8-20/h13-15,18-20H,5-12,16H2,1-4H3,(H,29,30,31). The summed E-state index contributed by atoms with van der Waals surface area (Å²) in [6, 6.07) is 3.66. The summed E-state index contributed by atoms with van der Waals surface area (Å²) < 4.78 is 26.0. The number of nitrogens with zero attached hydrogens (tertiary/aromatic N) is 5. The largest absolute Gasteiger partial charge is 0.497 e. The van der Waals surface area contributed by atoms with Gasteiger partial charge < -0.3 is 19.7 Å². The summed E-state index contributed by atoms with van der Waals surface area (Å²) in [6.07, 6.45) is 10.0. The van der Waals surface area contributed by atoms with E-state index in [9.17, 15) is 4.79 Å². The number of carbonyl (C=O) groups is 1. The Balaban J connectivity index is 1.45. The molecule has 2 aliphatic carbocycles. The van der Waals surface area contributed by atoms with Gasteiger partial charge in [-0.25, -0.2) is 14.2 Å². The first-order chi connectivity index (χ1) is 17.9. The van der Waals surface area contributed by atoms with Gasteiger partial charge in [-0.05, 0) is 52.6 Å². The maximum Gasteiger partial charge on any atom is 0.330 e. The maximum atomic E-state index is 15.4. The number of carbonyl (C=O) groups excluding carboxylic acids is 1. The number of rotatable bonds is 7. The summed E-state index contributed by atoms with van der Waals surface area (Å²) in [4.78, 5) is 28.9. The zero-order chi connectivity index (χ0) is 26.1. The van der Waals surface area contributed by atoms with Crippen LogP contribution in [0.25, 0.3) is 0 Å². The molecule has 9 nitrogen and oxygen atoms in total. The maximum absolute atomic E-state index is 15.4. The van der Waals surface area contributed by atoms with Gasteiger partial charge in [0.15, 0.2) is 11.6 Å². The van der Waals surface area contributed by atoms with Crippen LogP contribution in [0.15, 0.2) is 18.3 Å². The van der Waals surface area contributed by atoms with Gasteiger partial charge in [-0.15, -0.1) is 0 Å². The molecule has 200 valence electrons. The van der Waals surface area contributed by atoms with E-state index in [4.69, 9.17) is 14.5 Å². The second-order valence-corrected chi connectivity index (χ2v) is 10.5. The fourth-order valence-corrected chi connectivity index (χ4v) is 5.87. The van der Waals surface area contributed by atoms with Crippen LogP contribution in [-0.2, 0) is 6.54 Å². The first kappa shape index (κ1) is 25.5. The fraction of sp³-hybridized carbons (Fsp3) is 0.593. The predicted molar refractivity (Wildman–Crippen MR) is 141 cm³/mol. The third-order valence-electron chi connectivity index (χ3n) is 8.03. The number of methoxy groups -OCH3 is 2. The summed E-state index contributed by atoms with van der Waals surface area (Å²) in [5.41, 5.74) is 0.907. The van der Waals surface area contributed by atoms with Crippen molar-refractivity contribution in [1.82, 2.24) is 14.9 Å². The highest BCUT2D eigenvalue weighted by Gasteiger charge is 2.40. The molecule has 0 spiro atoms. The van der Waals surface area contributed by atoms with E-state index < -0.39 is 5.82 Å². The molecule has 37 heavy (non-hydrogen) atoms. The van der Waals surface area contributed by atoms with E-state index in [1.165, 1.54) is 31.3 Å². The van der Waals surface area contributed by atoms with E-state index in [1.807, 2.05) is 0 Å². The summed E-state index contributed by atoms with van der Waals surface area (Å²) in [7, 11) is 7.17. The lowest BCUT2D eigenvalue weighted by atomic mass is 9.91. The van der Waals surface area contributed by atoms with Crippen molar-refractivity contribution in [1.29, 1.82) is 0 Å². The van der Waals surface area contributed by atoms with Crippen LogP contribution < -0.4 is 24.6 Å². The molecule has 5 rings (SSSR count). The quantitative estimate of drug-likeness (QED) is 0.570. The Morgan fingerprint density at radius 1 is 1.05 bits per heavy atom. The zero-order valence-electron chi connectivity index (χ0n) is 22.2. The van der Waals surface area contributed by atoms with Crippen molar-refractivity contribution in [2.24, 2.45) is 0 Å². The van der Waals surface area contributed by atoms with Gasteiger partial charge in [-0.3, -0.25) is 9.80 Å². The first-order valence-electron chi connectivity index (χ1n) is 13.2. The van der Waals surface area contributed by atoms with Crippen molar-refractivity contribution in [3.63, 3.8) is 0 Å². The Bertz CT molecular complexity index is 1130. The highest BCUT2D eigenvalue weighted by molar-refractivity contribution is 6.06. The highest BCUT2D eigenvalue weighted by atomic mass is 19.1. The molecule has 2 heterocycles. The predicted octanol–water partition coefficient (Wildman–Crippen LogP) is 4.81. The van der Waals surface area contributed by atoms with Gasteiger partial charge in [0, 0.05) is 42.0 Å². The minimum Gasteiger partial charge on any atom is -0.497 e. The van der Waals surface area contributed by atoms with Gasteiger partial charge in [0.25, 0.3) is 0 Å². The van der Waals surface area contributed by atoms with Crippen molar-refractivity contribution < 1.29 is 18.7 Å². The van der Waals surface area contributed by atoms with E-state index in [0.29, 0.717) is 29.6 Å². The number of halogens is 1. The number of benzene rings is 1. The van der Waals surface area contributed by atoms with Crippen molar-refractivity contribution in [3.8, 4) is 11.5 Å². The van der Waals surface area contributed by atoms with Crippen LogP contribution in [0.2, 0.25) is 0 Å². The Morgan fingerprint density at radius 3 is 2.43 bits per heavy atom. The van der Waals surface area contributed by atoms with Gasteiger partial charge in [-0.1, -0.05) is 12.8 Å². The molecule has 1 aromatic heterocycles. The minimum absolute atomic E-state index is 0.0166. The average Bonchev–Trinajstić information content (AvgIpc) is 3.43. The lowest BCUT2D eigenvalue weighted by Gasteiger charge is -2.39. The molecule has 0 unspecified atom stereocenters. The molecule has 2 amide bonds. The minimum atomic E-state index is -0.598. The number of anilines is 3. The Morgan fingerprint density at radius 2 is 1.78 bits per heavy atom. The molecule has 0 saturated heterocycles. The first-order valence-corrected chi connectivity index (χ1v) is 13.2.